The number of hydrogen-bond donors (Lipinski definition) is 2. The number of anilines is 2. The SMILES string of the molecule is Cc1cc(C(=O)Nc2ccccc2NC(=O)c2ccc(Cl)cc2)c(C)s1. The molecule has 0 aliphatic carbocycles. The molecule has 4 nitrogen and oxygen atoms in total. The van der Waals surface area contributed by atoms with Crippen molar-refractivity contribution >= 4 is 46.1 Å². The molecule has 0 aliphatic rings. The number of rotatable bonds is 4. The van der Waals surface area contributed by atoms with Crippen LogP contribution in [-0.2, 0) is 0 Å². The third kappa shape index (κ3) is 4.12. The fourth-order valence-electron chi connectivity index (χ4n) is 2.54. The zero-order valence-corrected chi connectivity index (χ0v) is 15.9. The van der Waals surface area contributed by atoms with Crippen LogP contribution in [0, 0.1) is 13.8 Å². The van der Waals surface area contributed by atoms with Gasteiger partial charge in [-0.2, -0.15) is 0 Å². The summed E-state index contributed by atoms with van der Waals surface area (Å²) >= 11 is 7.43. The molecule has 2 N–H and O–H groups in total. The van der Waals surface area contributed by atoms with Crippen LogP contribution in [0.4, 0.5) is 11.4 Å². The number of nitrogens with one attached hydrogen (secondary N) is 2. The Kier molecular flexibility index (Phi) is 5.40. The van der Waals surface area contributed by atoms with Crippen molar-refractivity contribution in [3.05, 3.63) is 80.5 Å². The molecule has 0 unspecified atom stereocenters. The Hall–Kier alpha value is -2.63. The average molecular weight is 385 g/mol. The van der Waals surface area contributed by atoms with E-state index in [-0.39, 0.29) is 11.8 Å². The monoisotopic (exact) mass is 384 g/mol. The van der Waals surface area contributed by atoms with Crippen LogP contribution < -0.4 is 10.6 Å². The molecule has 0 aliphatic heterocycles. The number of carbonyl (C=O) groups excluding carboxylic acids is 2. The van der Waals surface area contributed by atoms with Gasteiger partial charge in [0.1, 0.15) is 0 Å². The van der Waals surface area contributed by atoms with Crippen LogP contribution in [0.15, 0.2) is 54.6 Å². The fraction of sp³-hybridized carbons (Fsp3) is 0.100. The third-order valence-electron chi connectivity index (χ3n) is 3.82. The van der Waals surface area contributed by atoms with Gasteiger partial charge in [-0.1, -0.05) is 23.7 Å². The van der Waals surface area contributed by atoms with Crippen LogP contribution in [-0.4, -0.2) is 11.8 Å². The highest BCUT2D eigenvalue weighted by Crippen LogP contribution is 2.25. The van der Waals surface area contributed by atoms with E-state index in [1.165, 1.54) is 0 Å². The van der Waals surface area contributed by atoms with E-state index >= 15 is 0 Å². The fourth-order valence-corrected chi connectivity index (χ4v) is 3.59. The van der Waals surface area contributed by atoms with Gasteiger partial charge in [0.2, 0.25) is 0 Å². The minimum atomic E-state index is -0.272. The molecule has 0 radical (unpaired) electrons. The zero-order chi connectivity index (χ0) is 18.7. The van der Waals surface area contributed by atoms with Crippen molar-refractivity contribution in [1.29, 1.82) is 0 Å². The molecule has 6 heteroatoms. The maximum atomic E-state index is 12.6. The van der Waals surface area contributed by atoms with Gasteiger partial charge >= 0.3 is 0 Å². The van der Waals surface area contributed by atoms with Crippen molar-refractivity contribution < 1.29 is 9.59 Å². The minimum Gasteiger partial charge on any atom is -0.320 e. The summed E-state index contributed by atoms with van der Waals surface area (Å²) in [5.74, 6) is -0.467. The summed E-state index contributed by atoms with van der Waals surface area (Å²) in [5.41, 5.74) is 2.21. The molecule has 3 aromatic rings. The van der Waals surface area contributed by atoms with E-state index in [2.05, 4.69) is 10.6 Å². The molecule has 26 heavy (non-hydrogen) atoms. The Bertz CT molecular complexity index is 964. The van der Waals surface area contributed by atoms with Gasteiger partial charge < -0.3 is 10.6 Å². The predicted octanol–water partition coefficient (Wildman–Crippen LogP) is 5.52. The summed E-state index contributed by atoms with van der Waals surface area (Å²) in [5, 5.41) is 6.27. The molecule has 132 valence electrons. The molecular formula is C20H17ClN2O2S. The number of halogens is 1. The van der Waals surface area contributed by atoms with E-state index in [1.54, 1.807) is 59.9 Å². The lowest BCUT2D eigenvalue weighted by molar-refractivity contribution is 0.101. The molecule has 0 atom stereocenters. The molecule has 0 saturated carbocycles. The Morgan fingerprint density at radius 3 is 2.00 bits per heavy atom. The van der Waals surface area contributed by atoms with Crippen LogP contribution in [0.3, 0.4) is 0 Å². The predicted molar refractivity (Wildman–Crippen MR) is 108 cm³/mol. The maximum absolute atomic E-state index is 12.6. The second-order valence-electron chi connectivity index (χ2n) is 5.79. The van der Waals surface area contributed by atoms with Crippen LogP contribution >= 0.6 is 22.9 Å². The number of para-hydroxylation sites is 2. The van der Waals surface area contributed by atoms with Crippen LogP contribution in [0.1, 0.15) is 30.5 Å². The van der Waals surface area contributed by atoms with E-state index in [9.17, 15) is 9.59 Å². The van der Waals surface area contributed by atoms with Crippen molar-refractivity contribution in [2.45, 2.75) is 13.8 Å². The van der Waals surface area contributed by atoms with Crippen molar-refractivity contribution in [3.63, 3.8) is 0 Å². The lowest BCUT2D eigenvalue weighted by Gasteiger charge is -2.12. The van der Waals surface area contributed by atoms with Gasteiger partial charge in [-0.15, -0.1) is 11.3 Å². The maximum Gasteiger partial charge on any atom is 0.256 e. The molecule has 0 saturated heterocycles. The molecule has 0 bridgehead atoms. The van der Waals surface area contributed by atoms with Gasteiger partial charge in [-0.3, -0.25) is 9.59 Å². The second-order valence-corrected chi connectivity index (χ2v) is 7.68. The molecule has 1 aromatic heterocycles. The Balaban J connectivity index is 1.80. The molecule has 0 fully saturated rings. The summed E-state index contributed by atoms with van der Waals surface area (Å²) in [7, 11) is 0. The van der Waals surface area contributed by atoms with Crippen molar-refractivity contribution in [2.24, 2.45) is 0 Å². The van der Waals surface area contributed by atoms with Gasteiger partial charge in [-0.25, -0.2) is 0 Å². The first-order valence-electron chi connectivity index (χ1n) is 7.98. The zero-order valence-electron chi connectivity index (χ0n) is 14.3. The number of aryl methyl sites for hydroxylation is 2. The van der Waals surface area contributed by atoms with Crippen LogP contribution in [0.2, 0.25) is 5.02 Å². The number of carbonyl (C=O) groups is 2. The number of thiophene rings is 1. The first-order chi connectivity index (χ1) is 12.4. The number of benzene rings is 2. The van der Waals surface area contributed by atoms with Crippen molar-refractivity contribution in [2.75, 3.05) is 10.6 Å². The van der Waals surface area contributed by atoms with Gasteiger partial charge in [0.05, 0.1) is 16.9 Å². The molecule has 2 amide bonds. The average Bonchev–Trinajstić information content (AvgIpc) is 2.95. The summed E-state index contributed by atoms with van der Waals surface area (Å²) < 4.78 is 0. The lowest BCUT2D eigenvalue weighted by Crippen LogP contribution is -2.16. The Labute approximate surface area is 160 Å². The molecule has 3 rings (SSSR count). The summed E-state index contributed by atoms with van der Waals surface area (Å²) in [6, 6.07) is 15.6. The van der Waals surface area contributed by atoms with Crippen LogP contribution in [0.25, 0.3) is 0 Å². The summed E-state index contributed by atoms with van der Waals surface area (Å²) in [6.45, 7) is 3.88. The van der Waals surface area contributed by atoms with E-state index in [4.69, 9.17) is 11.6 Å². The first-order valence-corrected chi connectivity index (χ1v) is 9.18. The van der Waals surface area contributed by atoms with E-state index in [1.807, 2.05) is 19.9 Å². The second kappa shape index (κ2) is 7.72. The smallest absolute Gasteiger partial charge is 0.256 e. The minimum absolute atomic E-state index is 0.194. The van der Waals surface area contributed by atoms with Crippen molar-refractivity contribution in [1.82, 2.24) is 0 Å². The first kappa shape index (κ1) is 18.2. The molecule has 2 aromatic carbocycles. The Morgan fingerprint density at radius 2 is 1.46 bits per heavy atom. The van der Waals surface area contributed by atoms with Gasteiger partial charge in [0, 0.05) is 20.3 Å². The molecule has 1 heterocycles. The quantitative estimate of drug-likeness (QED) is 0.621. The summed E-state index contributed by atoms with van der Waals surface area (Å²) in [4.78, 5) is 27.0. The van der Waals surface area contributed by atoms with Crippen LogP contribution in [0.5, 0.6) is 0 Å². The standard InChI is InChI=1S/C20H17ClN2O2S/c1-12-11-16(13(2)26-12)20(25)23-18-6-4-3-5-17(18)22-19(24)14-7-9-15(21)10-8-14/h3-11H,1-2H3,(H,22,24)(H,23,25). The highest BCUT2D eigenvalue weighted by Gasteiger charge is 2.15. The molecule has 0 spiro atoms. The highest BCUT2D eigenvalue weighted by atomic mass is 35.5. The van der Waals surface area contributed by atoms with E-state index < -0.39 is 0 Å². The van der Waals surface area contributed by atoms with Gasteiger partial charge in [-0.05, 0) is 56.3 Å². The third-order valence-corrected chi connectivity index (χ3v) is 5.03. The normalized spacial score (nSPS) is 10.4. The topological polar surface area (TPSA) is 58.2 Å². The number of hydrogen-bond acceptors (Lipinski definition) is 3. The van der Waals surface area contributed by atoms with Gasteiger partial charge in [0.25, 0.3) is 11.8 Å². The molecular weight excluding hydrogens is 368 g/mol. The number of amides is 2. The largest absolute Gasteiger partial charge is 0.320 e. The Morgan fingerprint density at radius 1 is 0.885 bits per heavy atom. The van der Waals surface area contributed by atoms with Gasteiger partial charge in [0.15, 0.2) is 0 Å². The lowest BCUT2D eigenvalue weighted by atomic mass is 10.2. The highest BCUT2D eigenvalue weighted by molar-refractivity contribution is 7.12. The van der Waals surface area contributed by atoms with E-state index in [0.717, 1.165) is 9.75 Å². The van der Waals surface area contributed by atoms with E-state index in [0.29, 0.717) is 27.5 Å². The summed E-state index contributed by atoms with van der Waals surface area (Å²) in [6.07, 6.45) is 0. The van der Waals surface area contributed by atoms with Crippen molar-refractivity contribution in [3.8, 4) is 0 Å².